The quantitative estimate of drug-likeness (QED) is 0.0222. The summed E-state index contributed by atoms with van der Waals surface area (Å²) in [6, 6.07) is 0. The van der Waals surface area contributed by atoms with Crippen molar-refractivity contribution >= 4 is 39.5 Å². The number of esters is 4. The Morgan fingerprint density at radius 3 is 0.864 bits per heavy atom. The Kier molecular flexibility index (Phi) is 58.7. The third-order valence-electron chi connectivity index (χ3n) is 16.2. The standard InChI is InChI=1S/C69H134O17P2/c1-8-10-11-12-13-14-15-21-24-27-36-43-50-66(71)79-56-64(85-68(73)52-45-38-28-25-22-19-17-16-18-20-23-26-35-42-49-62(7)9-2)58-83-87(75,76)81-54-63(70)55-82-88(77,78)84-59-65(86-69(74)53-46-39-32-30-34-41-48-61(5)6)57-80-67(72)51-44-37-31-29-33-40-47-60(3)4/h60-65,70H,8-59H2,1-7H3,(H,75,76)(H,77,78)/t62?,63-,64-,65-/m1/s1. The zero-order valence-corrected chi connectivity index (χ0v) is 59.0. The lowest BCUT2D eigenvalue weighted by atomic mass is 9.99. The second kappa shape index (κ2) is 60.0. The summed E-state index contributed by atoms with van der Waals surface area (Å²) in [4.78, 5) is 72.4. The average molecular weight is 1300 g/mol. The van der Waals surface area contributed by atoms with Gasteiger partial charge in [0, 0.05) is 25.7 Å². The molecule has 3 unspecified atom stereocenters. The minimum Gasteiger partial charge on any atom is -0.462 e. The van der Waals surface area contributed by atoms with Crippen molar-refractivity contribution < 1.29 is 80.2 Å². The fraction of sp³-hybridized carbons (Fsp3) is 0.942. The van der Waals surface area contributed by atoms with Crippen LogP contribution < -0.4 is 0 Å². The van der Waals surface area contributed by atoms with Gasteiger partial charge in [-0.25, -0.2) is 9.13 Å². The van der Waals surface area contributed by atoms with Crippen molar-refractivity contribution in [2.24, 2.45) is 17.8 Å². The topological polar surface area (TPSA) is 237 Å². The van der Waals surface area contributed by atoms with Crippen LogP contribution >= 0.6 is 15.6 Å². The first-order valence-corrected chi connectivity index (χ1v) is 38.9. The second-order valence-corrected chi connectivity index (χ2v) is 29.0. The van der Waals surface area contributed by atoms with Gasteiger partial charge in [-0.05, 0) is 43.4 Å². The van der Waals surface area contributed by atoms with Gasteiger partial charge in [0.05, 0.1) is 26.4 Å². The molecule has 0 radical (unpaired) electrons. The van der Waals surface area contributed by atoms with E-state index in [-0.39, 0.29) is 25.7 Å². The molecule has 0 spiro atoms. The monoisotopic (exact) mass is 1300 g/mol. The van der Waals surface area contributed by atoms with E-state index in [0.717, 1.165) is 102 Å². The number of rotatable bonds is 67. The van der Waals surface area contributed by atoms with Gasteiger partial charge in [-0.15, -0.1) is 0 Å². The lowest BCUT2D eigenvalue weighted by molar-refractivity contribution is -0.161. The molecule has 6 atom stereocenters. The Bertz CT molecular complexity index is 1730. The molecule has 522 valence electrons. The fourth-order valence-corrected chi connectivity index (χ4v) is 11.9. The molecule has 0 aromatic carbocycles. The molecule has 17 nitrogen and oxygen atoms in total. The molecule has 0 bridgehead atoms. The molecular weight excluding hydrogens is 1160 g/mol. The lowest BCUT2D eigenvalue weighted by Crippen LogP contribution is -2.30. The van der Waals surface area contributed by atoms with Crippen LogP contribution in [0, 0.1) is 17.8 Å². The van der Waals surface area contributed by atoms with Crippen molar-refractivity contribution in [3.05, 3.63) is 0 Å². The maximum atomic E-state index is 13.0. The molecular formula is C69H134O17P2. The van der Waals surface area contributed by atoms with Crippen LogP contribution in [0.25, 0.3) is 0 Å². The first-order chi connectivity index (χ1) is 42.3. The summed E-state index contributed by atoms with van der Waals surface area (Å²) in [6.07, 6.45) is 43.3. The molecule has 0 aliphatic rings. The van der Waals surface area contributed by atoms with Gasteiger partial charge >= 0.3 is 39.5 Å². The van der Waals surface area contributed by atoms with Gasteiger partial charge in [0.15, 0.2) is 12.2 Å². The number of carbonyl (C=O) groups excluding carboxylic acids is 4. The molecule has 0 heterocycles. The highest BCUT2D eigenvalue weighted by Gasteiger charge is 2.30. The van der Waals surface area contributed by atoms with Crippen LogP contribution in [-0.4, -0.2) is 96.7 Å². The zero-order valence-electron chi connectivity index (χ0n) is 57.2. The van der Waals surface area contributed by atoms with Crippen molar-refractivity contribution in [2.45, 2.75) is 362 Å². The molecule has 0 saturated heterocycles. The molecule has 0 rings (SSSR count). The summed E-state index contributed by atoms with van der Waals surface area (Å²) in [5.74, 6) is 0.0613. The van der Waals surface area contributed by atoms with E-state index in [2.05, 4.69) is 48.5 Å². The van der Waals surface area contributed by atoms with Crippen LogP contribution in [-0.2, 0) is 65.4 Å². The van der Waals surface area contributed by atoms with Gasteiger partial charge in [-0.3, -0.25) is 37.3 Å². The molecule has 0 saturated carbocycles. The van der Waals surface area contributed by atoms with E-state index in [1.807, 2.05) is 0 Å². The summed E-state index contributed by atoms with van der Waals surface area (Å²) in [5.41, 5.74) is 0. The number of aliphatic hydroxyl groups excluding tert-OH is 1. The SMILES string of the molecule is CCCCCCCCCCCCCCC(=O)OC[C@H](COP(=O)(O)OC[C@@H](O)COP(=O)(O)OC[C@@H](COC(=O)CCCCCCCCC(C)C)OC(=O)CCCCCCCCC(C)C)OC(=O)CCCCCCCCCCCCCCCCC(C)CC. The molecule has 0 amide bonds. The molecule has 19 heteroatoms. The third kappa shape index (κ3) is 61.6. The molecule has 88 heavy (non-hydrogen) atoms. The first kappa shape index (κ1) is 86.1. The fourth-order valence-electron chi connectivity index (χ4n) is 10.3. The van der Waals surface area contributed by atoms with E-state index in [1.165, 1.54) is 148 Å². The number of ether oxygens (including phenoxy) is 4. The number of hydrogen-bond acceptors (Lipinski definition) is 15. The van der Waals surface area contributed by atoms with Crippen LogP contribution in [0.4, 0.5) is 0 Å². The van der Waals surface area contributed by atoms with Crippen molar-refractivity contribution in [3.8, 4) is 0 Å². The van der Waals surface area contributed by atoms with Crippen molar-refractivity contribution in [3.63, 3.8) is 0 Å². The van der Waals surface area contributed by atoms with Crippen LogP contribution in [0.5, 0.6) is 0 Å². The maximum absolute atomic E-state index is 13.0. The Morgan fingerprint density at radius 1 is 0.330 bits per heavy atom. The number of hydrogen-bond donors (Lipinski definition) is 3. The van der Waals surface area contributed by atoms with E-state index in [4.69, 9.17) is 37.0 Å². The number of unbranched alkanes of at least 4 members (excludes halogenated alkanes) is 34. The van der Waals surface area contributed by atoms with Crippen molar-refractivity contribution in [1.29, 1.82) is 0 Å². The van der Waals surface area contributed by atoms with E-state index in [0.29, 0.717) is 37.5 Å². The van der Waals surface area contributed by atoms with Crippen LogP contribution in [0.1, 0.15) is 344 Å². The van der Waals surface area contributed by atoms with Gasteiger partial charge in [-0.1, -0.05) is 292 Å². The predicted octanol–water partition coefficient (Wildman–Crippen LogP) is 19.5. The van der Waals surface area contributed by atoms with Gasteiger partial charge < -0.3 is 33.8 Å². The van der Waals surface area contributed by atoms with Crippen molar-refractivity contribution in [1.82, 2.24) is 0 Å². The Hall–Kier alpha value is -1.94. The van der Waals surface area contributed by atoms with E-state index in [1.54, 1.807) is 0 Å². The average Bonchev–Trinajstić information content (AvgIpc) is 3.70. The van der Waals surface area contributed by atoms with Crippen LogP contribution in [0.3, 0.4) is 0 Å². The minimum atomic E-state index is -4.95. The van der Waals surface area contributed by atoms with Crippen molar-refractivity contribution in [2.75, 3.05) is 39.6 Å². The highest BCUT2D eigenvalue weighted by molar-refractivity contribution is 7.47. The van der Waals surface area contributed by atoms with E-state index in [9.17, 15) is 43.2 Å². The molecule has 0 aromatic rings. The summed E-state index contributed by atoms with van der Waals surface area (Å²) in [6.45, 7) is 11.7. The maximum Gasteiger partial charge on any atom is 0.472 e. The van der Waals surface area contributed by atoms with Gasteiger partial charge in [0.1, 0.15) is 19.3 Å². The molecule has 0 aliphatic carbocycles. The van der Waals surface area contributed by atoms with Gasteiger partial charge in [0.2, 0.25) is 0 Å². The Balaban J connectivity index is 5.21. The largest absolute Gasteiger partial charge is 0.472 e. The van der Waals surface area contributed by atoms with E-state index >= 15 is 0 Å². The Morgan fingerprint density at radius 2 is 0.580 bits per heavy atom. The van der Waals surface area contributed by atoms with Gasteiger partial charge in [-0.2, -0.15) is 0 Å². The molecule has 0 aromatic heterocycles. The van der Waals surface area contributed by atoms with E-state index < -0.39 is 97.5 Å². The highest BCUT2D eigenvalue weighted by atomic mass is 31.2. The highest BCUT2D eigenvalue weighted by Crippen LogP contribution is 2.45. The van der Waals surface area contributed by atoms with Crippen LogP contribution in [0.2, 0.25) is 0 Å². The molecule has 3 N–H and O–H groups in total. The summed E-state index contributed by atoms with van der Waals surface area (Å²) in [7, 11) is -9.90. The first-order valence-electron chi connectivity index (χ1n) is 35.9. The van der Waals surface area contributed by atoms with Crippen LogP contribution in [0.15, 0.2) is 0 Å². The zero-order chi connectivity index (χ0) is 65.2. The third-order valence-corrected chi connectivity index (χ3v) is 18.1. The smallest absolute Gasteiger partial charge is 0.462 e. The summed E-state index contributed by atoms with van der Waals surface area (Å²) in [5, 5.41) is 10.6. The minimum absolute atomic E-state index is 0.101. The number of aliphatic hydroxyl groups is 1. The second-order valence-electron chi connectivity index (χ2n) is 26.1. The number of phosphoric acid groups is 2. The summed E-state index contributed by atoms with van der Waals surface area (Å²) >= 11 is 0. The van der Waals surface area contributed by atoms with Gasteiger partial charge in [0.25, 0.3) is 0 Å². The predicted molar refractivity (Wildman–Crippen MR) is 354 cm³/mol. The molecule has 0 fully saturated rings. The normalized spacial score (nSPS) is 14.5. The lowest BCUT2D eigenvalue weighted by Gasteiger charge is -2.21. The number of carbonyl (C=O) groups is 4. The number of phosphoric ester groups is 2. The Labute approximate surface area is 537 Å². The summed E-state index contributed by atoms with van der Waals surface area (Å²) < 4.78 is 68.1. The molecule has 0 aliphatic heterocycles.